The molecule has 0 spiro atoms. The molecule has 1 heterocycles. The van der Waals surface area contributed by atoms with E-state index in [1.165, 1.54) is 12.3 Å². The average Bonchev–Trinajstić information content (AvgIpc) is 2.94. The van der Waals surface area contributed by atoms with Crippen LogP contribution in [0.5, 0.6) is 17.2 Å². The molecule has 41 heavy (non-hydrogen) atoms. The zero-order chi connectivity index (χ0) is 29.6. The molecule has 3 aromatic carbocycles. The van der Waals surface area contributed by atoms with Crippen LogP contribution in [-0.4, -0.2) is 29.7 Å². The molecule has 2 N–H and O–H groups in total. The number of urea groups is 1. The fourth-order valence-corrected chi connectivity index (χ4v) is 3.99. The van der Waals surface area contributed by atoms with Gasteiger partial charge in [-0.1, -0.05) is 23.7 Å². The fraction of sp³-hybridized carbons (Fsp3) is 0.207. The van der Waals surface area contributed by atoms with Crippen molar-refractivity contribution in [2.45, 2.75) is 26.6 Å². The highest BCUT2D eigenvalue weighted by Crippen LogP contribution is 2.36. The van der Waals surface area contributed by atoms with Crippen molar-refractivity contribution in [3.63, 3.8) is 0 Å². The van der Waals surface area contributed by atoms with Crippen LogP contribution >= 0.6 is 11.6 Å². The van der Waals surface area contributed by atoms with Gasteiger partial charge in [0.2, 0.25) is 0 Å². The van der Waals surface area contributed by atoms with Crippen molar-refractivity contribution < 1.29 is 32.2 Å². The number of amides is 2. The zero-order valence-electron chi connectivity index (χ0n) is 22.3. The molecular weight excluding hydrogens is 561 g/mol. The molecule has 0 aliphatic carbocycles. The van der Waals surface area contributed by atoms with Crippen molar-refractivity contribution in [2.75, 3.05) is 24.4 Å². The molecule has 0 radical (unpaired) electrons. The smallest absolute Gasteiger partial charge is 0.417 e. The highest BCUT2D eigenvalue weighted by Gasteiger charge is 2.33. The second-order valence-corrected chi connectivity index (χ2v) is 9.10. The van der Waals surface area contributed by atoms with Gasteiger partial charge in [0.15, 0.2) is 5.82 Å². The minimum absolute atomic E-state index is 0.0786. The molecule has 0 saturated heterocycles. The summed E-state index contributed by atoms with van der Waals surface area (Å²) in [7, 11) is 1.61. The molecule has 0 fully saturated rings. The largest absolute Gasteiger partial charge is 0.497 e. The number of ether oxygens (including phenoxy) is 3. The number of halogens is 4. The van der Waals surface area contributed by atoms with Crippen LogP contribution in [0.15, 0.2) is 66.9 Å². The van der Waals surface area contributed by atoms with Gasteiger partial charge in [-0.2, -0.15) is 13.2 Å². The number of aryl methyl sites for hydroxylation is 1. The lowest BCUT2D eigenvalue weighted by Crippen LogP contribution is -2.21. The quantitative estimate of drug-likeness (QED) is 0.208. The maximum Gasteiger partial charge on any atom is 0.417 e. The predicted octanol–water partition coefficient (Wildman–Crippen LogP) is 7.75. The summed E-state index contributed by atoms with van der Waals surface area (Å²) in [5.74, 6) is 2.22. The monoisotopic (exact) mass is 586 g/mol. The summed E-state index contributed by atoms with van der Waals surface area (Å²) in [6.07, 6.45) is -3.25. The molecule has 0 atom stereocenters. The first kappa shape index (κ1) is 29.5. The van der Waals surface area contributed by atoms with Crippen LogP contribution in [0.3, 0.4) is 0 Å². The van der Waals surface area contributed by atoms with Gasteiger partial charge in [0.25, 0.3) is 0 Å². The van der Waals surface area contributed by atoms with Crippen LogP contribution in [-0.2, 0) is 12.8 Å². The number of methoxy groups -OCH3 is 1. The van der Waals surface area contributed by atoms with E-state index in [-0.39, 0.29) is 11.4 Å². The molecule has 8 nitrogen and oxygen atoms in total. The predicted molar refractivity (Wildman–Crippen MR) is 150 cm³/mol. The molecule has 0 unspecified atom stereocenters. The SMILES string of the molecule is CCOc1cc(OCc2ccc(OC)cc2)ccc1-c1ncc(NC(=O)Nc2ccc(Cl)c(C(F)(F)F)c2)c(C)n1. The molecule has 214 valence electrons. The van der Waals surface area contributed by atoms with Gasteiger partial charge in [0, 0.05) is 11.8 Å². The van der Waals surface area contributed by atoms with Gasteiger partial charge in [-0.3, -0.25) is 0 Å². The molecule has 4 aromatic rings. The summed E-state index contributed by atoms with van der Waals surface area (Å²) in [5, 5.41) is 4.44. The van der Waals surface area contributed by atoms with Crippen LogP contribution < -0.4 is 24.8 Å². The molecule has 0 aliphatic heterocycles. The average molecular weight is 587 g/mol. The normalized spacial score (nSPS) is 11.1. The Balaban J connectivity index is 1.46. The van der Waals surface area contributed by atoms with E-state index in [0.717, 1.165) is 23.4 Å². The molecule has 4 rings (SSSR count). The third-order valence-electron chi connectivity index (χ3n) is 5.82. The molecule has 1 aromatic heterocycles. The van der Waals surface area contributed by atoms with E-state index >= 15 is 0 Å². The number of anilines is 2. The second-order valence-electron chi connectivity index (χ2n) is 8.69. The number of aromatic nitrogens is 2. The van der Waals surface area contributed by atoms with Crippen LogP contribution in [0.2, 0.25) is 5.02 Å². The number of benzene rings is 3. The maximum absolute atomic E-state index is 13.1. The van der Waals surface area contributed by atoms with Crippen molar-refractivity contribution in [3.05, 3.63) is 88.7 Å². The van der Waals surface area contributed by atoms with Gasteiger partial charge < -0.3 is 24.8 Å². The van der Waals surface area contributed by atoms with Gasteiger partial charge in [0.1, 0.15) is 23.9 Å². The first-order valence-electron chi connectivity index (χ1n) is 12.4. The van der Waals surface area contributed by atoms with Crippen LogP contribution in [0.1, 0.15) is 23.7 Å². The number of hydrogen-bond acceptors (Lipinski definition) is 6. The van der Waals surface area contributed by atoms with Crippen LogP contribution in [0.4, 0.5) is 29.3 Å². The first-order chi connectivity index (χ1) is 19.6. The van der Waals surface area contributed by atoms with Crippen molar-refractivity contribution >= 4 is 29.0 Å². The molecule has 0 saturated carbocycles. The summed E-state index contributed by atoms with van der Waals surface area (Å²) in [6, 6.07) is 15.2. The van der Waals surface area contributed by atoms with E-state index in [0.29, 0.717) is 41.8 Å². The van der Waals surface area contributed by atoms with E-state index in [2.05, 4.69) is 20.6 Å². The summed E-state index contributed by atoms with van der Waals surface area (Å²) in [5.41, 5.74) is 1.15. The van der Waals surface area contributed by atoms with Crippen molar-refractivity contribution in [1.29, 1.82) is 0 Å². The Bertz CT molecular complexity index is 1530. The number of carbonyl (C=O) groups is 1. The van der Waals surface area contributed by atoms with E-state index in [1.807, 2.05) is 31.2 Å². The zero-order valence-corrected chi connectivity index (χ0v) is 23.1. The third kappa shape index (κ3) is 7.57. The lowest BCUT2D eigenvalue weighted by Gasteiger charge is -2.14. The van der Waals surface area contributed by atoms with Gasteiger partial charge in [0.05, 0.1) is 47.4 Å². The Labute approximate surface area is 239 Å². The molecular formula is C29H26ClF3N4O4. The molecule has 0 aliphatic rings. The number of nitrogens with one attached hydrogen (secondary N) is 2. The van der Waals surface area contributed by atoms with E-state index < -0.39 is 22.8 Å². The second kappa shape index (κ2) is 12.8. The highest BCUT2D eigenvalue weighted by atomic mass is 35.5. The Morgan fingerprint density at radius 2 is 1.71 bits per heavy atom. The maximum atomic E-state index is 13.1. The molecule has 12 heteroatoms. The highest BCUT2D eigenvalue weighted by molar-refractivity contribution is 6.31. The summed E-state index contributed by atoms with van der Waals surface area (Å²) >= 11 is 5.64. The van der Waals surface area contributed by atoms with Crippen molar-refractivity contribution in [1.82, 2.24) is 9.97 Å². The molecule has 2 amide bonds. The standard InChI is InChI=1S/C29H26ClF3N4O4/c1-4-40-26-14-21(41-16-18-5-8-20(39-3)9-6-18)10-11-22(26)27-34-15-25(17(2)35-27)37-28(38)36-19-7-12-24(30)23(13-19)29(31,32)33/h5-15H,4,16H2,1-3H3,(H2,36,37,38). The summed E-state index contributed by atoms with van der Waals surface area (Å²) in [6.45, 7) is 4.26. The van der Waals surface area contributed by atoms with Crippen LogP contribution in [0, 0.1) is 6.92 Å². The topological polar surface area (TPSA) is 94.6 Å². The Hall–Kier alpha value is -4.51. The minimum atomic E-state index is -4.66. The number of nitrogens with zero attached hydrogens (tertiary/aromatic N) is 2. The summed E-state index contributed by atoms with van der Waals surface area (Å²) in [4.78, 5) is 21.3. The fourth-order valence-electron chi connectivity index (χ4n) is 3.76. The Morgan fingerprint density at radius 3 is 2.37 bits per heavy atom. The number of rotatable bonds is 9. The van der Waals surface area contributed by atoms with Gasteiger partial charge in [-0.05, 0) is 61.9 Å². The van der Waals surface area contributed by atoms with Crippen molar-refractivity contribution in [2.24, 2.45) is 0 Å². The first-order valence-corrected chi connectivity index (χ1v) is 12.8. The summed E-state index contributed by atoms with van der Waals surface area (Å²) < 4.78 is 56.3. The van der Waals surface area contributed by atoms with Gasteiger partial charge in [-0.15, -0.1) is 0 Å². The Kier molecular flexibility index (Phi) is 9.18. The van der Waals surface area contributed by atoms with Crippen LogP contribution in [0.25, 0.3) is 11.4 Å². The van der Waals surface area contributed by atoms with Gasteiger partial charge >= 0.3 is 12.2 Å². The minimum Gasteiger partial charge on any atom is -0.497 e. The van der Waals surface area contributed by atoms with E-state index in [4.69, 9.17) is 25.8 Å². The molecule has 0 bridgehead atoms. The lowest BCUT2D eigenvalue weighted by atomic mass is 10.1. The third-order valence-corrected chi connectivity index (χ3v) is 6.15. The lowest BCUT2D eigenvalue weighted by molar-refractivity contribution is -0.137. The van der Waals surface area contributed by atoms with Gasteiger partial charge in [-0.25, -0.2) is 14.8 Å². The van der Waals surface area contributed by atoms with E-state index in [9.17, 15) is 18.0 Å². The Morgan fingerprint density at radius 1 is 0.976 bits per heavy atom. The number of hydrogen-bond donors (Lipinski definition) is 2. The number of alkyl halides is 3. The number of carbonyl (C=O) groups excluding carboxylic acids is 1. The van der Waals surface area contributed by atoms with E-state index in [1.54, 1.807) is 32.2 Å². The van der Waals surface area contributed by atoms with Crippen molar-refractivity contribution in [3.8, 4) is 28.6 Å².